The van der Waals surface area contributed by atoms with Crippen LogP contribution in [-0.2, 0) is 19.1 Å². The van der Waals surface area contributed by atoms with Crippen molar-refractivity contribution in [2.45, 2.75) is 63.2 Å². The summed E-state index contributed by atoms with van der Waals surface area (Å²) in [4.78, 5) is 78.5. The molecule has 4 atom stereocenters. The third kappa shape index (κ3) is 7.13. The molecule has 0 radical (unpaired) electrons. The maximum Gasteiger partial charge on any atom is 0.407 e. The maximum absolute atomic E-state index is 15.8. The molecule has 1 aromatic heterocycles. The van der Waals surface area contributed by atoms with Gasteiger partial charge in [-0.2, -0.15) is 0 Å². The second kappa shape index (κ2) is 14.9. The first-order chi connectivity index (χ1) is 26.4. The van der Waals surface area contributed by atoms with E-state index in [0.29, 0.717) is 37.2 Å². The number of rotatable bonds is 13. The number of halogens is 1. The highest BCUT2D eigenvalue weighted by Gasteiger charge is 2.53. The number of carboxylic acid groups (broad SMARTS) is 2. The molecule has 3 amide bonds. The molecular formula is C38H40FN5O11. The first-order valence-corrected chi connectivity index (χ1v) is 18.0. The molecule has 3 aliphatic heterocycles. The van der Waals surface area contributed by atoms with Gasteiger partial charge in [-0.1, -0.05) is 18.2 Å². The number of fused-ring (bicyclic) bond motifs is 2. The van der Waals surface area contributed by atoms with Crippen LogP contribution in [0.4, 0.5) is 14.9 Å². The number of carboxylic acids is 2. The molecule has 1 saturated carbocycles. The van der Waals surface area contributed by atoms with Gasteiger partial charge < -0.3 is 44.5 Å². The molecule has 290 valence electrons. The lowest BCUT2D eigenvalue weighted by molar-refractivity contribution is -0.156. The van der Waals surface area contributed by atoms with Crippen LogP contribution in [0, 0.1) is 11.7 Å². The summed E-state index contributed by atoms with van der Waals surface area (Å²) in [6.07, 6.45) is 3.15. The van der Waals surface area contributed by atoms with Crippen LogP contribution in [0.5, 0.6) is 11.5 Å². The van der Waals surface area contributed by atoms with Crippen LogP contribution in [0.15, 0.2) is 58.7 Å². The zero-order valence-electron chi connectivity index (χ0n) is 30.1. The topological polar surface area (TPSA) is 206 Å². The Balaban J connectivity index is 0.972. The molecule has 16 nitrogen and oxygen atoms in total. The number of pyridine rings is 1. The van der Waals surface area contributed by atoms with Gasteiger partial charge in [0, 0.05) is 31.4 Å². The summed E-state index contributed by atoms with van der Waals surface area (Å²) in [5.74, 6) is -4.16. The van der Waals surface area contributed by atoms with E-state index in [1.165, 1.54) is 13.3 Å². The van der Waals surface area contributed by atoms with Gasteiger partial charge in [0.1, 0.15) is 35.3 Å². The van der Waals surface area contributed by atoms with E-state index in [1.807, 2.05) is 0 Å². The van der Waals surface area contributed by atoms with Gasteiger partial charge in [0.15, 0.2) is 18.2 Å². The summed E-state index contributed by atoms with van der Waals surface area (Å²) in [6.45, 7) is 1.79. The minimum absolute atomic E-state index is 0.0470. The Morgan fingerprint density at radius 2 is 1.78 bits per heavy atom. The molecule has 3 aromatic rings. The fourth-order valence-corrected chi connectivity index (χ4v) is 7.78. The highest BCUT2D eigenvalue weighted by molar-refractivity contribution is 6.02. The quantitative estimate of drug-likeness (QED) is 0.186. The van der Waals surface area contributed by atoms with Crippen LogP contribution in [0.2, 0.25) is 0 Å². The van der Waals surface area contributed by atoms with Crippen molar-refractivity contribution in [2.75, 3.05) is 38.3 Å². The molecule has 2 saturated heterocycles. The molecule has 2 aromatic carbocycles. The predicted octanol–water partition coefficient (Wildman–Crippen LogP) is 3.03. The number of nitrogens with zero attached hydrogens (tertiary/aromatic N) is 3. The smallest absolute Gasteiger partial charge is 0.407 e. The molecule has 0 bridgehead atoms. The molecule has 17 heteroatoms. The summed E-state index contributed by atoms with van der Waals surface area (Å²) in [7, 11) is 1.37. The van der Waals surface area contributed by atoms with Gasteiger partial charge >= 0.3 is 18.0 Å². The number of alkyl carbamates (subject to hydrolysis) is 1. The number of hydrogen-bond acceptors (Lipinski definition) is 10. The standard InChI is InChI=1S/C38H40FN5O11/c1-19(20-12-13-42(15-20)32-26(39)14-24-31(34(32)53-2)43(22-9-10-22)16-25(33(24)46)36(48)49)40-38(52)55-17-21-8-11-27-29(35(47)44(27)30(21)37(50)51)41-28(45)18-54-23-6-4-3-5-7-23/h3-7,14,16,19-20,22,27,29H,8-13,15,17-18H2,1-2H3,(H,40,52)(H,41,45)(H,48,49)(H,50,51)/t19-,20+,27+,29-/m0/s1. The molecule has 1 aliphatic carbocycles. The Bertz CT molecular complexity index is 2170. The van der Waals surface area contributed by atoms with E-state index >= 15 is 4.39 Å². The number of aromatic carboxylic acids is 1. The number of carbonyl (C=O) groups excluding carboxylic acids is 3. The highest BCUT2D eigenvalue weighted by Crippen LogP contribution is 2.45. The monoisotopic (exact) mass is 761 g/mol. The first-order valence-electron chi connectivity index (χ1n) is 18.0. The number of nitrogens with one attached hydrogen (secondary N) is 2. The third-order valence-corrected chi connectivity index (χ3v) is 10.7. The zero-order valence-corrected chi connectivity index (χ0v) is 30.1. The minimum atomic E-state index is -1.40. The summed E-state index contributed by atoms with van der Waals surface area (Å²) < 4.78 is 34.1. The number of carbonyl (C=O) groups is 5. The molecule has 4 aliphatic rings. The van der Waals surface area contributed by atoms with E-state index in [2.05, 4.69) is 10.6 Å². The predicted molar refractivity (Wildman–Crippen MR) is 193 cm³/mol. The summed E-state index contributed by atoms with van der Waals surface area (Å²) in [5.41, 5.74) is -0.810. The first kappa shape index (κ1) is 37.2. The maximum atomic E-state index is 15.8. The van der Waals surface area contributed by atoms with Crippen molar-refractivity contribution < 1.29 is 52.8 Å². The average molecular weight is 762 g/mol. The fraction of sp³-hybridized carbons (Fsp3) is 0.421. The fourth-order valence-electron chi connectivity index (χ4n) is 7.78. The van der Waals surface area contributed by atoms with Crippen molar-refractivity contribution in [1.29, 1.82) is 0 Å². The van der Waals surface area contributed by atoms with Crippen LogP contribution in [0.25, 0.3) is 10.9 Å². The SMILES string of the molecule is COc1c(N2CC[C@@H]([C@H](C)NC(=O)OCC3=C(C(=O)O)N4C(=O)[C@@H](NC(=O)COc5ccccc5)[C@H]4CC3)C2)c(F)cc2c(=O)c(C(=O)O)cn(C3CC3)c12. The number of aromatic nitrogens is 1. The van der Waals surface area contributed by atoms with Crippen molar-refractivity contribution in [2.24, 2.45) is 5.92 Å². The number of amides is 3. The van der Waals surface area contributed by atoms with E-state index < -0.39 is 64.8 Å². The lowest BCUT2D eigenvalue weighted by atomic mass is 9.83. The van der Waals surface area contributed by atoms with E-state index in [1.54, 1.807) is 46.7 Å². The van der Waals surface area contributed by atoms with E-state index in [9.17, 15) is 39.0 Å². The zero-order chi connectivity index (χ0) is 39.1. The van der Waals surface area contributed by atoms with Crippen molar-refractivity contribution in [3.05, 3.63) is 75.5 Å². The summed E-state index contributed by atoms with van der Waals surface area (Å²) in [5, 5.41) is 25.0. The van der Waals surface area contributed by atoms with Gasteiger partial charge in [-0.05, 0) is 68.7 Å². The van der Waals surface area contributed by atoms with Crippen LogP contribution < -0.4 is 30.4 Å². The lowest BCUT2D eigenvalue weighted by Crippen LogP contribution is -2.72. The molecule has 0 spiro atoms. The molecule has 55 heavy (non-hydrogen) atoms. The van der Waals surface area contributed by atoms with Gasteiger partial charge in [-0.3, -0.25) is 19.3 Å². The number of methoxy groups -OCH3 is 1. The van der Waals surface area contributed by atoms with Gasteiger partial charge in [0.2, 0.25) is 5.43 Å². The highest BCUT2D eigenvalue weighted by atomic mass is 19.1. The third-order valence-electron chi connectivity index (χ3n) is 10.7. The largest absolute Gasteiger partial charge is 0.492 e. The molecule has 7 rings (SSSR count). The van der Waals surface area contributed by atoms with Crippen LogP contribution in [0.3, 0.4) is 0 Å². The molecule has 4 N–H and O–H groups in total. The van der Waals surface area contributed by atoms with Crippen molar-refractivity contribution in [3.63, 3.8) is 0 Å². The second-order valence-electron chi connectivity index (χ2n) is 14.2. The van der Waals surface area contributed by atoms with Crippen molar-refractivity contribution in [3.8, 4) is 11.5 Å². The van der Waals surface area contributed by atoms with Gasteiger partial charge in [-0.15, -0.1) is 0 Å². The van der Waals surface area contributed by atoms with E-state index in [0.717, 1.165) is 23.8 Å². The molecule has 4 heterocycles. The van der Waals surface area contributed by atoms with E-state index in [4.69, 9.17) is 14.2 Å². The number of ether oxygens (including phenoxy) is 3. The number of β-lactam (4-membered cyclic amide) rings is 1. The summed E-state index contributed by atoms with van der Waals surface area (Å²) >= 11 is 0. The number of aliphatic carboxylic acids is 1. The Labute approximate surface area is 313 Å². The molecule has 3 fully saturated rings. The number of para-hydroxylation sites is 1. The lowest BCUT2D eigenvalue weighted by Gasteiger charge is -2.50. The van der Waals surface area contributed by atoms with Crippen molar-refractivity contribution in [1.82, 2.24) is 20.1 Å². The van der Waals surface area contributed by atoms with Crippen LogP contribution >= 0.6 is 0 Å². The van der Waals surface area contributed by atoms with Crippen LogP contribution in [-0.4, -0.2) is 101 Å². The number of benzene rings is 2. The van der Waals surface area contributed by atoms with Crippen LogP contribution in [0.1, 0.15) is 55.4 Å². The normalized spacial score (nSPS) is 21.1. The van der Waals surface area contributed by atoms with Gasteiger partial charge in [-0.25, -0.2) is 18.8 Å². The second-order valence-corrected chi connectivity index (χ2v) is 14.2. The summed E-state index contributed by atoms with van der Waals surface area (Å²) in [6, 6.07) is 7.77. The minimum Gasteiger partial charge on any atom is -0.492 e. The van der Waals surface area contributed by atoms with Gasteiger partial charge in [0.25, 0.3) is 11.8 Å². The molecular weight excluding hydrogens is 721 g/mol. The Hall–Kier alpha value is -6.13. The molecule has 0 unspecified atom stereocenters. The van der Waals surface area contributed by atoms with E-state index in [-0.39, 0.29) is 59.7 Å². The van der Waals surface area contributed by atoms with Gasteiger partial charge in [0.05, 0.1) is 24.1 Å². The Morgan fingerprint density at radius 3 is 2.45 bits per heavy atom. The Kier molecular flexibility index (Phi) is 10.1. The number of anilines is 1. The average Bonchev–Trinajstić information content (AvgIpc) is 3.90. The van der Waals surface area contributed by atoms with Crippen molar-refractivity contribution >= 4 is 46.4 Å². The Morgan fingerprint density at radius 1 is 1.04 bits per heavy atom. The number of hydrogen-bond donors (Lipinski definition) is 4.